The van der Waals surface area contributed by atoms with Crippen molar-refractivity contribution in [1.82, 2.24) is 9.47 Å². The van der Waals surface area contributed by atoms with E-state index in [0.29, 0.717) is 19.1 Å². The predicted octanol–water partition coefficient (Wildman–Crippen LogP) is 6.48. The SMILES string of the molecule is CC(C)COc1ccc(N(Cc2ccccc2)C(=O)Nc2ccc3c(ccn3CCN(C)C)c2)cc1. The molecule has 0 saturated heterocycles. The number of nitrogens with one attached hydrogen (secondary N) is 1. The summed E-state index contributed by atoms with van der Waals surface area (Å²) in [6.07, 6.45) is 2.10. The first kappa shape index (κ1) is 25.3. The molecule has 0 atom stereocenters. The third-order valence-corrected chi connectivity index (χ3v) is 5.97. The van der Waals surface area contributed by atoms with Crippen LogP contribution in [0.2, 0.25) is 0 Å². The van der Waals surface area contributed by atoms with Gasteiger partial charge in [0.15, 0.2) is 0 Å². The van der Waals surface area contributed by atoms with Crippen molar-refractivity contribution in [2.45, 2.75) is 26.9 Å². The molecule has 3 aromatic carbocycles. The molecule has 0 fully saturated rings. The summed E-state index contributed by atoms with van der Waals surface area (Å²) in [5.41, 5.74) is 3.80. The highest BCUT2D eigenvalue weighted by Gasteiger charge is 2.17. The molecule has 0 aliphatic heterocycles. The Labute approximate surface area is 214 Å². The maximum atomic E-state index is 13.5. The van der Waals surface area contributed by atoms with Gasteiger partial charge in [-0.3, -0.25) is 4.90 Å². The van der Waals surface area contributed by atoms with Gasteiger partial charge in [0, 0.05) is 41.6 Å². The number of aromatic nitrogens is 1. The molecule has 0 unspecified atom stereocenters. The van der Waals surface area contributed by atoms with E-state index in [0.717, 1.165) is 46.7 Å². The Balaban J connectivity index is 1.53. The largest absolute Gasteiger partial charge is 0.493 e. The van der Waals surface area contributed by atoms with Crippen LogP contribution in [0.4, 0.5) is 16.2 Å². The van der Waals surface area contributed by atoms with Crippen LogP contribution >= 0.6 is 0 Å². The number of amides is 2. The van der Waals surface area contributed by atoms with Gasteiger partial charge in [0.2, 0.25) is 0 Å². The van der Waals surface area contributed by atoms with Crippen LogP contribution in [0.15, 0.2) is 85.1 Å². The number of urea groups is 1. The maximum absolute atomic E-state index is 13.5. The van der Waals surface area contributed by atoms with Crippen molar-refractivity contribution in [2.75, 3.05) is 37.5 Å². The molecule has 0 aliphatic rings. The number of ether oxygens (including phenoxy) is 1. The number of benzene rings is 3. The summed E-state index contributed by atoms with van der Waals surface area (Å²) in [6, 6.07) is 25.7. The number of hydrogen-bond donors (Lipinski definition) is 1. The van der Waals surface area contributed by atoms with E-state index < -0.39 is 0 Å². The summed E-state index contributed by atoms with van der Waals surface area (Å²) >= 11 is 0. The second-order valence-corrected chi connectivity index (χ2v) is 9.79. The van der Waals surface area contributed by atoms with Crippen LogP contribution < -0.4 is 15.0 Å². The molecule has 1 aromatic heterocycles. The van der Waals surface area contributed by atoms with E-state index in [1.807, 2.05) is 66.7 Å². The van der Waals surface area contributed by atoms with Crippen LogP contribution in [0.5, 0.6) is 5.75 Å². The fraction of sp³-hybridized carbons (Fsp3) is 0.300. The van der Waals surface area contributed by atoms with Crippen LogP contribution in [0.1, 0.15) is 19.4 Å². The van der Waals surface area contributed by atoms with Gasteiger partial charge < -0.3 is 19.5 Å². The predicted molar refractivity (Wildman–Crippen MR) is 149 cm³/mol. The number of likely N-dealkylation sites (N-methyl/N-ethyl adjacent to an activating group) is 1. The van der Waals surface area contributed by atoms with E-state index in [1.165, 1.54) is 0 Å². The first-order valence-electron chi connectivity index (χ1n) is 12.5. The summed E-state index contributed by atoms with van der Waals surface area (Å²) in [5.74, 6) is 1.25. The fourth-order valence-electron chi connectivity index (χ4n) is 4.00. The Hall–Kier alpha value is -3.77. The zero-order chi connectivity index (χ0) is 25.5. The van der Waals surface area contributed by atoms with E-state index >= 15 is 0 Å². The van der Waals surface area contributed by atoms with Gasteiger partial charge in [-0.2, -0.15) is 0 Å². The molecule has 4 aromatic rings. The Morgan fingerprint density at radius 2 is 1.72 bits per heavy atom. The zero-order valence-corrected chi connectivity index (χ0v) is 21.6. The number of rotatable bonds is 10. The first-order chi connectivity index (χ1) is 17.4. The average Bonchev–Trinajstić information content (AvgIpc) is 3.28. The zero-order valence-electron chi connectivity index (χ0n) is 21.6. The normalized spacial score (nSPS) is 11.3. The molecule has 2 amide bonds. The van der Waals surface area contributed by atoms with Gasteiger partial charge in [0.1, 0.15) is 5.75 Å². The molecule has 36 heavy (non-hydrogen) atoms. The molecule has 0 aliphatic carbocycles. The van der Waals surface area contributed by atoms with Crippen molar-refractivity contribution in [3.8, 4) is 5.75 Å². The molecule has 1 heterocycles. The van der Waals surface area contributed by atoms with Crippen molar-refractivity contribution in [2.24, 2.45) is 5.92 Å². The molecule has 0 radical (unpaired) electrons. The lowest BCUT2D eigenvalue weighted by Crippen LogP contribution is -2.34. The summed E-state index contributed by atoms with van der Waals surface area (Å²) in [4.78, 5) is 17.4. The average molecular weight is 485 g/mol. The second kappa shape index (κ2) is 11.8. The van der Waals surface area contributed by atoms with E-state index in [4.69, 9.17) is 4.74 Å². The quantitative estimate of drug-likeness (QED) is 0.280. The number of fused-ring (bicyclic) bond motifs is 1. The molecule has 6 nitrogen and oxygen atoms in total. The Bertz CT molecular complexity index is 1260. The van der Waals surface area contributed by atoms with Gasteiger partial charge in [-0.25, -0.2) is 4.79 Å². The molecule has 0 bridgehead atoms. The minimum absolute atomic E-state index is 0.180. The van der Waals surface area contributed by atoms with Crippen molar-refractivity contribution in [1.29, 1.82) is 0 Å². The summed E-state index contributed by atoms with van der Waals surface area (Å²) in [5, 5.41) is 4.21. The van der Waals surface area contributed by atoms with Gasteiger partial charge in [-0.05, 0) is 74.1 Å². The number of hydrogen-bond acceptors (Lipinski definition) is 3. The number of nitrogens with zero attached hydrogens (tertiary/aromatic N) is 3. The summed E-state index contributed by atoms with van der Waals surface area (Å²) < 4.78 is 8.07. The first-order valence-corrected chi connectivity index (χ1v) is 12.5. The second-order valence-electron chi connectivity index (χ2n) is 9.79. The van der Waals surface area contributed by atoms with Crippen LogP contribution in [0.25, 0.3) is 10.9 Å². The number of carbonyl (C=O) groups is 1. The molecule has 188 valence electrons. The van der Waals surface area contributed by atoms with Gasteiger partial charge in [-0.1, -0.05) is 44.2 Å². The lowest BCUT2D eigenvalue weighted by atomic mass is 10.2. The Morgan fingerprint density at radius 1 is 0.972 bits per heavy atom. The highest BCUT2D eigenvalue weighted by molar-refractivity contribution is 6.02. The molecule has 4 rings (SSSR count). The van der Waals surface area contributed by atoms with Crippen LogP contribution in [0.3, 0.4) is 0 Å². The Kier molecular flexibility index (Phi) is 8.28. The van der Waals surface area contributed by atoms with Crippen molar-refractivity contribution >= 4 is 28.3 Å². The highest BCUT2D eigenvalue weighted by Crippen LogP contribution is 2.25. The molecule has 1 N–H and O–H groups in total. The van der Waals surface area contributed by atoms with Crippen molar-refractivity contribution < 1.29 is 9.53 Å². The molecule has 6 heteroatoms. The smallest absolute Gasteiger partial charge is 0.326 e. The van der Waals surface area contributed by atoms with Crippen LogP contribution in [-0.2, 0) is 13.1 Å². The van der Waals surface area contributed by atoms with E-state index in [-0.39, 0.29) is 6.03 Å². The van der Waals surface area contributed by atoms with Crippen molar-refractivity contribution in [3.63, 3.8) is 0 Å². The molecule has 0 saturated carbocycles. The lowest BCUT2D eigenvalue weighted by Gasteiger charge is -2.24. The van der Waals surface area contributed by atoms with Crippen LogP contribution in [0, 0.1) is 5.92 Å². The van der Waals surface area contributed by atoms with E-state index in [9.17, 15) is 4.79 Å². The molecular formula is C30H36N4O2. The third kappa shape index (κ3) is 6.67. The topological polar surface area (TPSA) is 49.7 Å². The van der Waals surface area contributed by atoms with E-state index in [2.05, 4.69) is 61.1 Å². The number of anilines is 2. The third-order valence-electron chi connectivity index (χ3n) is 5.97. The summed E-state index contributed by atoms with van der Waals surface area (Å²) in [7, 11) is 4.15. The standard InChI is InChI=1S/C30H36N4O2/c1-23(2)22-36-28-13-11-27(12-14-28)34(21-24-8-6-5-7-9-24)30(35)31-26-10-15-29-25(20-26)16-17-33(29)19-18-32(3)4/h5-17,20,23H,18-19,21-22H2,1-4H3,(H,31,35). The maximum Gasteiger partial charge on any atom is 0.326 e. The monoisotopic (exact) mass is 484 g/mol. The Morgan fingerprint density at radius 3 is 2.42 bits per heavy atom. The van der Waals surface area contributed by atoms with Gasteiger partial charge in [0.05, 0.1) is 13.2 Å². The van der Waals surface area contributed by atoms with Crippen molar-refractivity contribution in [3.05, 3.63) is 90.6 Å². The fourth-order valence-corrected chi connectivity index (χ4v) is 4.00. The van der Waals surface area contributed by atoms with E-state index in [1.54, 1.807) is 4.90 Å². The van der Waals surface area contributed by atoms with Gasteiger partial charge >= 0.3 is 6.03 Å². The number of carbonyl (C=O) groups excluding carboxylic acids is 1. The minimum Gasteiger partial charge on any atom is -0.493 e. The van der Waals surface area contributed by atoms with Crippen LogP contribution in [-0.4, -0.2) is 42.7 Å². The molecule has 0 spiro atoms. The summed E-state index contributed by atoms with van der Waals surface area (Å²) in [6.45, 7) is 7.25. The molecular weight excluding hydrogens is 448 g/mol. The minimum atomic E-state index is -0.180. The van der Waals surface area contributed by atoms with Gasteiger partial charge in [0.25, 0.3) is 0 Å². The van der Waals surface area contributed by atoms with Gasteiger partial charge in [-0.15, -0.1) is 0 Å². The highest BCUT2D eigenvalue weighted by atomic mass is 16.5. The lowest BCUT2D eigenvalue weighted by molar-refractivity contribution is 0.256.